The summed E-state index contributed by atoms with van der Waals surface area (Å²) in [5.41, 5.74) is 1.22. The number of carbonyl (C=O) groups is 1. The molecule has 28 heavy (non-hydrogen) atoms. The Morgan fingerprint density at radius 2 is 1.93 bits per heavy atom. The normalized spacial score (nSPS) is 22.8. The molecule has 1 amide bonds. The molecule has 0 spiro atoms. The fourth-order valence-electron chi connectivity index (χ4n) is 4.10. The fraction of sp³-hybridized carbons (Fsp3) is 0.696. The largest absolute Gasteiger partial charge is 0.490 e. The van der Waals surface area contributed by atoms with Gasteiger partial charge in [-0.1, -0.05) is 38.4 Å². The standard InChI is InChI=1S/C23H35ClN2O2/c1-23(2,3)14-22(27)25(4)15-17-11-20(12-17)28-19-8-7-18(21(24)13-19)16-26-9-5-6-10-26/h7-8,13,17,20H,5-6,9-12,14-16H2,1-4H3. The van der Waals surface area contributed by atoms with Crippen molar-refractivity contribution in [3.63, 3.8) is 0 Å². The SMILES string of the molecule is CN(CC1CC(Oc2ccc(CN3CCCC3)c(Cl)c2)C1)C(=O)CC(C)(C)C. The number of hydrogen-bond acceptors (Lipinski definition) is 3. The van der Waals surface area contributed by atoms with Crippen LogP contribution in [0.2, 0.25) is 5.02 Å². The van der Waals surface area contributed by atoms with Gasteiger partial charge in [0.05, 0.1) is 6.10 Å². The highest BCUT2D eigenvalue weighted by Crippen LogP contribution is 2.34. The second-order valence-electron chi connectivity index (χ2n) is 9.83. The third kappa shape index (κ3) is 6.12. The van der Waals surface area contributed by atoms with Crippen LogP contribution in [0.4, 0.5) is 0 Å². The Morgan fingerprint density at radius 1 is 1.25 bits per heavy atom. The number of nitrogens with zero attached hydrogens (tertiary/aromatic N) is 2. The fourth-order valence-corrected chi connectivity index (χ4v) is 4.33. The molecule has 156 valence electrons. The van der Waals surface area contributed by atoms with E-state index in [4.69, 9.17) is 16.3 Å². The molecule has 0 aromatic heterocycles. The van der Waals surface area contributed by atoms with Crippen LogP contribution in [0.5, 0.6) is 5.75 Å². The van der Waals surface area contributed by atoms with Crippen LogP contribution in [-0.4, -0.2) is 48.5 Å². The first-order valence-electron chi connectivity index (χ1n) is 10.6. The summed E-state index contributed by atoms with van der Waals surface area (Å²) >= 11 is 6.49. The monoisotopic (exact) mass is 406 g/mol. The Morgan fingerprint density at radius 3 is 2.54 bits per heavy atom. The zero-order valence-corrected chi connectivity index (χ0v) is 18.6. The molecule has 1 heterocycles. The maximum absolute atomic E-state index is 12.3. The van der Waals surface area contributed by atoms with Gasteiger partial charge in [0.15, 0.2) is 0 Å². The first-order valence-corrected chi connectivity index (χ1v) is 11.0. The molecule has 1 aromatic rings. The Labute approximate surface area is 175 Å². The second kappa shape index (κ2) is 9.04. The van der Waals surface area contributed by atoms with E-state index in [9.17, 15) is 4.79 Å². The van der Waals surface area contributed by atoms with Gasteiger partial charge in [0.1, 0.15) is 5.75 Å². The Bertz CT molecular complexity index is 674. The van der Waals surface area contributed by atoms with Crippen LogP contribution in [0, 0.1) is 11.3 Å². The molecule has 1 aliphatic heterocycles. The lowest BCUT2D eigenvalue weighted by molar-refractivity contribution is -0.133. The van der Waals surface area contributed by atoms with E-state index >= 15 is 0 Å². The van der Waals surface area contributed by atoms with Crippen LogP contribution < -0.4 is 4.74 Å². The van der Waals surface area contributed by atoms with Crippen molar-refractivity contribution < 1.29 is 9.53 Å². The topological polar surface area (TPSA) is 32.8 Å². The molecular weight excluding hydrogens is 372 g/mol. The lowest BCUT2D eigenvalue weighted by Crippen LogP contribution is -2.42. The first-order chi connectivity index (χ1) is 13.2. The number of carbonyl (C=O) groups excluding carboxylic acids is 1. The molecule has 2 fully saturated rings. The third-order valence-electron chi connectivity index (χ3n) is 5.75. The van der Waals surface area contributed by atoms with Gasteiger partial charge >= 0.3 is 0 Å². The molecule has 4 nitrogen and oxygen atoms in total. The van der Waals surface area contributed by atoms with Gasteiger partial charge in [-0.05, 0) is 67.8 Å². The predicted molar refractivity (Wildman–Crippen MR) is 115 cm³/mol. The number of rotatable bonds is 7. The summed E-state index contributed by atoms with van der Waals surface area (Å²) in [5.74, 6) is 1.62. The van der Waals surface area contributed by atoms with Gasteiger partial charge < -0.3 is 9.64 Å². The van der Waals surface area contributed by atoms with Crippen molar-refractivity contribution in [2.45, 2.75) is 65.5 Å². The van der Waals surface area contributed by atoms with Crippen molar-refractivity contribution in [1.29, 1.82) is 0 Å². The molecule has 0 N–H and O–H groups in total. The summed E-state index contributed by atoms with van der Waals surface area (Å²) in [6.07, 6.45) is 5.41. The van der Waals surface area contributed by atoms with Gasteiger partial charge in [0.2, 0.25) is 5.91 Å². The van der Waals surface area contributed by atoms with Crippen LogP contribution in [0.25, 0.3) is 0 Å². The Hall–Kier alpha value is -1.26. The number of hydrogen-bond donors (Lipinski definition) is 0. The van der Waals surface area contributed by atoms with Crippen LogP contribution in [0.3, 0.4) is 0 Å². The van der Waals surface area contributed by atoms with Gasteiger partial charge in [-0.2, -0.15) is 0 Å². The Kier molecular flexibility index (Phi) is 6.93. The maximum Gasteiger partial charge on any atom is 0.222 e. The van der Waals surface area contributed by atoms with Gasteiger partial charge in [0, 0.05) is 31.6 Å². The van der Waals surface area contributed by atoms with Crippen molar-refractivity contribution in [2.75, 3.05) is 26.7 Å². The minimum absolute atomic E-state index is 0.0385. The van der Waals surface area contributed by atoms with Crippen LogP contribution in [-0.2, 0) is 11.3 Å². The molecule has 1 aromatic carbocycles. The molecule has 1 aliphatic carbocycles. The highest BCUT2D eigenvalue weighted by Gasteiger charge is 2.33. The highest BCUT2D eigenvalue weighted by molar-refractivity contribution is 6.31. The lowest BCUT2D eigenvalue weighted by atomic mass is 9.81. The first kappa shape index (κ1) is 21.4. The van der Waals surface area contributed by atoms with E-state index in [-0.39, 0.29) is 17.4 Å². The number of ether oxygens (including phenoxy) is 1. The molecule has 1 saturated heterocycles. The zero-order valence-electron chi connectivity index (χ0n) is 17.8. The van der Waals surface area contributed by atoms with E-state index in [2.05, 4.69) is 31.7 Å². The van der Waals surface area contributed by atoms with E-state index in [1.165, 1.54) is 31.5 Å². The van der Waals surface area contributed by atoms with Crippen molar-refractivity contribution in [1.82, 2.24) is 9.80 Å². The van der Waals surface area contributed by atoms with E-state index in [1.54, 1.807) is 0 Å². The van der Waals surface area contributed by atoms with Crippen LogP contribution in [0.15, 0.2) is 18.2 Å². The second-order valence-corrected chi connectivity index (χ2v) is 10.2. The minimum atomic E-state index is 0.0385. The molecular formula is C23H35ClN2O2. The molecule has 3 rings (SSSR count). The van der Waals surface area contributed by atoms with Crippen molar-refractivity contribution in [3.8, 4) is 5.75 Å². The van der Waals surface area contributed by atoms with E-state index in [0.717, 1.165) is 36.7 Å². The molecule has 0 atom stereocenters. The van der Waals surface area contributed by atoms with Gasteiger partial charge in [0.25, 0.3) is 0 Å². The molecule has 0 radical (unpaired) electrons. The van der Waals surface area contributed by atoms with Crippen LogP contribution >= 0.6 is 11.6 Å². The average molecular weight is 407 g/mol. The number of likely N-dealkylation sites (tertiary alicyclic amines) is 1. The number of amides is 1. The summed E-state index contributed by atoms with van der Waals surface area (Å²) in [6, 6.07) is 6.11. The number of benzene rings is 1. The van der Waals surface area contributed by atoms with Crippen LogP contribution in [0.1, 0.15) is 58.4 Å². The quantitative estimate of drug-likeness (QED) is 0.639. The maximum atomic E-state index is 12.3. The van der Waals surface area contributed by atoms with Gasteiger partial charge in [-0.25, -0.2) is 0 Å². The molecule has 5 heteroatoms. The summed E-state index contributed by atoms with van der Waals surface area (Å²) in [4.78, 5) is 16.6. The summed E-state index contributed by atoms with van der Waals surface area (Å²) < 4.78 is 6.11. The van der Waals surface area contributed by atoms with Crippen molar-refractivity contribution in [3.05, 3.63) is 28.8 Å². The molecule has 2 aliphatic rings. The zero-order chi connectivity index (χ0) is 20.3. The molecule has 0 unspecified atom stereocenters. The summed E-state index contributed by atoms with van der Waals surface area (Å²) in [5, 5.41) is 0.799. The summed E-state index contributed by atoms with van der Waals surface area (Å²) in [6.45, 7) is 10.4. The molecule has 0 bridgehead atoms. The Balaban J connectivity index is 1.41. The predicted octanol–water partition coefficient (Wildman–Crippen LogP) is 4.99. The summed E-state index contributed by atoms with van der Waals surface area (Å²) in [7, 11) is 1.92. The van der Waals surface area contributed by atoms with Gasteiger partial charge in [-0.15, -0.1) is 0 Å². The smallest absolute Gasteiger partial charge is 0.222 e. The van der Waals surface area contributed by atoms with Crippen molar-refractivity contribution >= 4 is 17.5 Å². The van der Waals surface area contributed by atoms with Gasteiger partial charge in [-0.3, -0.25) is 9.69 Å². The van der Waals surface area contributed by atoms with E-state index < -0.39 is 0 Å². The highest BCUT2D eigenvalue weighted by atomic mass is 35.5. The van der Waals surface area contributed by atoms with E-state index in [0.29, 0.717) is 12.3 Å². The van der Waals surface area contributed by atoms with Crippen molar-refractivity contribution in [2.24, 2.45) is 11.3 Å². The minimum Gasteiger partial charge on any atom is -0.490 e. The number of halogens is 1. The van der Waals surface area contributed by atoms with E-state index in [1.807, 2.05) is 24.1 Å². The third-order valence-corrected chi connectivity index (χ3v) is 6.10. The average Bonchev–Trinajstić information content (AvgIpc) is 3.06. The lowest BCUT2D eigenvalue weighted by Gasteiger charge is -2.38. The molecule has 1 saturated carbocycles.